The van der Waals surface area contributed by atoms with E-state index in [0.717, 1.165) is 21.5 Å². The number of aliphatic carboxylic acids is 1. The topological polar surface area (TPSA) is 148 Å². The first-order valence-electron chi connectivity index (χ1n) is 7.57. The lowest BCUT2D eigenvalue weighted by atomic mass is 9.99. The summed E-state index contributed by atoms with van der Waals surface area (Å²) in [5.41, 5.74) is 2.75. The third kappa shape index (κ3) is 3.26. The van der Waals surface area contributed by atoms with Crippen molar-refractivity contribution in [1.29, 1.82) is 0 Å². The molecule has 1 saturated heterocycles. The number of thioether (sulfide) groups is 1. The number of hydrogen-bond donors (Lipinski definition) is 3. The first kappa shape index (κ1) is 19.2. The molecule has 1 fully saturated rings. The van der Waals surface area contributed by atoms with Crippen LogP contribution < -0.4 is 11.1 Å². The highest BCUT2D eigenvalue weighted by molar-refractivity contribution is 8.00. The van der Waals surface area contributed by atoms with E-state index in [1.807, 2.05) is 5.38 Å². The lowest BCUT2D eigenvalue weighted by molar-refractivity contribution is -0.192. The molecular formula is C15H15N3O7S2. The predicted molar refractivity (Wildman–Crippen MR) is 94.3 cm³/mol. The quantitative estimate of drug-likeness (QED) is 0.438. The van der Waals surface area contributed by atoms with Crippen LogP contribution in [0.25, 0.3) is 0 Å². The number of carbonyl (C=O) groups is 4. The Labute approximate surface area is 161 Å². The van der Waals surface area contributed by atoms with Gasteiger partial charge in [-0.2, -0.15) is 0 Å². The van der Waals surface area contributed by atoms with E-state index in [9.17, 15) is 24.3 Å². The standard InChI is InChI=1S/C15H15N3O7S2/c1-24-15(17-9(19)5-7-3-2-4-26-7)12(22)18-10(11(20)21)8(25-14(16)23)6-27-13(15)18/h2-4,13H,5-6H2,1H3,(H2,16,23)(H,17,19)(H,20,21)/t13-,15-/m0/s1. The molecule has 0 bridgehead atoms. The number of nitrogens with one attached hydrogen (secondary N) is 1. The second-order valence-corrected chi connectivity index (χ2v) is 7.68. The number of carbonyl (C=O) groups excluding carboxylic acids is 3. The van der Waals surface area contributed by atoms with Gasteiger partial charge in [0.1, 0.15) is 5.37 Å². The van der Waals surface area contributed by atoms with Crippen molar-refractivity contribution in [3.8, 4) is 0 Å². The molecule has 144 valence electrons. The summed E-state index contributed by atoms with van der Waals surface area (Å²) in [6.45, 7) is 0. The Balaban J connectivity index is 1.84. The molecule has 2 aliphatic heterocycles. The fraction of sp³-hybridized carbons (Fsp3) is 0.333. The molecule has 12 heteroatoms. The summed E-state index contributed by atoms with van der Waals surface area (Å²) in [5.74, 6) is -2.94. The van der Waals surface area contributed by atoms with Crippen LogP contribution in [0.1, 0.15) is 4.88 Å². The molecule has 0 aliphatic carbocycles. The number of primary amides is 1. The van der Waals surface area contributed by atoms with Crippen LogP contribution >= 0.6 is 23.1 Å². The highest BCUT2D eigenvalue weighted by atomic mass is 32.2. The van der Waals surface area contributed by atoms with E-state index in [0.29, 0.717) is 0 Å². The van der Waals surface area contributed by atoms with Crippen LogP contribution in [0.15, 0.2) is 29.0 Å². The molecule has 2 aliphatic rings. The molecule has 0 unspecified atom stereocenters. The minimum Gasteiger partial charge on any atom is -0.476 e. The fourth-order valence-corrected chi connectivity index (χ4v) is 4.92. The Hall–Kier alpha value is -2.57. The number of β-lactam (4-membered cyclic amide) rings is 1. The van der Waals surface area contributed by atoms with E-state index in [4.69, 9.17) is 15.2 Å². The first-order chi connectivity index (χ1) is 12.8. The molecule has 3 rings (SSSR count). The number of nitrogens with two attached hydrogens (primary N) is 1. The van der Waals surface area contributed by atoms with Gasteiger partial charge in [-0.05, 0) is 11.4 Å². The van der Waals surface area contributed by atoms with Crippen LogP contribution in [-0.4, -0.2) is 57.8 Å². The van der Waals surface area contributed by atoms with Gasteiger partial charge < -0.3 is 25.6 Å². The van der Waals surface area contributed by atoms with E-state index in [1.165, 1.54) is 18.4 Å². The maximum Gasteiger partial charge on any atom is 0.409 e. The largest absolute Gasteiger partial charge is 0.476 e. The van der Waals surface area contributed by atoms with E-state index in [1.54, 1.807) is 12.1 Å². The van der Waals surface area contributed by atoms with Crippen molar-refractivity contribution >= 4 is 47.0 Å². The van der Waals surface area contributed by atoms with Crippen molar-refractivity contribution in [2.75, 3.05) is 12.9 Å². The Morgan fingerprint density at radius 3 is 2.78 bits per heavy atom. The Bertz CT molecular complexity index is 838. The fourth-order valence-electron chi connectivity index (χ4n) is 2.87. The number of hydrogen-bond acceptors (Lipinski definition) is 8. The number of carboxylic acid groups (broad SMARTS) is 1. The van der Waals surface area contributed by atoms with Crippen LogP contribution in [0.2, 0.25) is 0 Å². The van der Waals surface area contributed by atoms with Gasteiger partial charge in [0.25, 0.3) is 11.6 Å². The summed E-state index contributed by atoms with van der Waals surface area (Å²) in [4.78, 5) is 49.4. The number of nitrogens with zero attached hydrogens (tertiary/aromatic N) is 1. The van der Waals surface area contributed by atoms with Crippen LogP contribution in [0.3, 0.4) is 0 Å². The molecule has 1 aromatic rings. The molecule has 3 heterocycles. The summed E-state index contributed by atoms with van der Waals surface area (Å²) < 4.78 is 10.0. The maximum absolute atomic E-state index is 12.7. The highest BCUT2D eigenvalue weighted by Gasteiger charge is 2.67. The molecule has 0 aromatic carbocycles. The zero-order valence-electron chi connectivity index (χ0n) is 14.0. The van der Waals surface area contributed by atoms with Crippen molar-refractivity contribution in [3.63, 3.8) is 0 Å². The van der Waals surface area contributed by atoms with Crippen molar-refractivity contribution in [3.05, 3.63) is 33.8 Å². The summed E-state index contributed by atoms with van der Waals surface area (Å²) in [6, 6.07) is 3.59. The molecule has 0 radical (unpaired) electrons. The SMILES string of the molecule is CO[C@@]1(NC(=O)Cc2cccs2)C(=O)N2C(C(=O)O)=C(OC(N)=O)CS[C@H]21. The van der Waals surface area contributed by atoms with Gasteiger partial charge in [0.05, 0.1) is 12.2 Å². The summed E-state index contributed by atoms with van der Waals surface area (Å²) in [7, 11) is 1.25. The van der Waals surface area contributed by atoms with Gasteiger partial charge in [0.15, 0.2) is 11.5 Å². The van der Waals surface area contributed by atoms with Gasteiger partial charge in [-0.1, -0.05) is 6.07 Å². The molecular weight excluding hydrogens is 398 g/mol. The van der Waals surface area contributed by atoms with Gasteiger partial charge >= 0.3 is 12.1 Å². The van der Waals surface area contributed by atoms with Crippen molar-refractivity contribution < 1.29 is 33.8 Å². The highest BCUT2D eigenvalue weighted by Crippen LogP contribution is 2.46. The van der Waals surface area contributed by atoms with Crippen LogP contribution in [-0.2, 0) is 30.3 Å². The number of methoxy groups -OCH3 is 1. The van der Waals surface area contributed by atoms with Gasteiger partial charge in [0, 0.05) is 12.0 Å². The first-order valence-corrected chi connectivity index (χ1v) is 9.50. The maximum atomic E-state index is 12.7. The van der Waals surface area contributed by atoms with Gasteiger partial charge in [0.2, 0.25) is 5.91 Å². The smallest absolute Gasteiger partial charge is 0.409 e. The molecule has 0 saturated carbocycles. The zero-order chi connectivity index (χ0) is 19.8. The van der Waals surface area contributed by atoms with Gasteiger partial charge in [-0.25, -0.2) is 9.59 Å². The molecule has 10 nitrogen and oxygen atoms in total. The van der Waals surface area contributed by atoms with Gasteiger partial charge in [-0.3, -0.25) is 14.5 Å². The van der Waals surface area contributed by atoms with E-state index in [2.05, 4.69) is 5.32 Å². The van der Waals surface area contributed by atoms with E-state index >= 15 is 0 Å². The monoisotopic (exact) mass is 413 g/mol. The van der Waals surface area contributed by atoms with Crippen LogP contribution in [0, 0.1) is 0 Å². The number of carboxylic acids is 1. The van der Waals surface area contributed by atoms with E-state index < -0.39 is 40.7 Å². The third-order valence-corrected chi connectivity index (χ3v) is 6.15. The number of fused-ring (bicyclic) bond motifs is 1. The second kappa shape index (κ2) is 7.21. The second-order valence-electron chi connectivity index (χ2n) is 5.58. The summed E-state index contributed by atoms with van der Waals surface area (Å²) in [5, 5.41) is 13.0. The van der Waals surface area contributed by atoms with Gasteiger partial charge in [-0.15, -0.1) is 23.1 Å². The molecule has 2 atom stereocenters. The average Bonchev–Trinajstić information content (AvgIpc) is 3.11. The molecule has 4 N–H and O–H groups in total. The van der Waals surface area contributed by atoms with Crippen molar-refractivity contribution in [2.24, 2.45) is 5.73 Å². The number of thiophene rings is 1. The van der Waals surface area contributed by atoms with Crippen LogP contribution in [0.5, 0.6) is 0 Å². The Kier molecular flexibility index (Phi) is 5.13. The molecule has 0 spiro atoms. The Morgan fingerprint density at radius 1 is 1.48 bits per heavy atom. The lowest BCUT2D eigenvalue weighted by Gasteiger charge is -2.55. The summed E-state index contributed by atoms with van der Waals surface area (Å²) >= 11 is 2.48. The van der Waals surface area contributed by atoms with Crippen molar-refractivity contribution in [1.82, 2.24) is 10.2 Å². The third-order valence-electron chi connectivity index (χ3n) is 3.98. The summed E-state index contributed by atoms with van der Waals surface area (Å²) in [6.07, 6.45) is -1.12. The molecule has 1 aromatic heterocycles. The number of rotatable bonds is 6. The average molecular weight is 413 g/mol. The lowest BCUT2D eigenvalue weighted by Crippen LogP contribution is -2.80. The number of ether oxygens (including phenoxy) is 2. The minimum atomic E-state index is -1.70. The number of amides is 3. The minimum absolute atomic E-state index is 0.0368. The molecule has 27 heavy (non-hydrogen) atoms. The molecule has 3 amide bonds. The van der Waals surface area contributed by atoms with Crippen molar-refractivity contribution in [2.45, 2.75) is 17.5 Å². The normalized spacial score (nSPS) is 24.1. The zero-order valence-corrected chi connectivity index (χ0v) is 15.6. The predicted octanol–water partition coefficient (Wildman–Crippen LogP) is 0.0561. The van der Waals surface area contributed by atoms with E-state index in [-0.39, 0.29) is 17.9 Å². The van der Waals surface area contributed by atoms with Crippen LogP contribution in [0.4, 0.5) is 4.79 Å². The Morgan fingerprint density at radius 2 is 2.22 bits per heavy atom.